The number of likely N-dealkylation sites (N-methyl/N-ethyl adjacent to an activating group) is 2. The van der Waals surface area contributed by atoms with E-state index in [1.165, 1.54) is 70.9 Å². The molecular formula is C50H44N16O8. The third-order valence-electron chi connectivity index (χ3n) is 13.5. The number of H-pyrrole nitrogens is 2. The number of carbonyl (C=O) groups excluding carboxylic acids is 6. The monoisotopic (exact) mass is 996 g/mol. The van der Waals surface area contributed by atoms with Crippen LogP contribution in [0.2, 0.25) is 0 Å². The van der Waals surface area contributed by atoms with Gasteiger partial charge in [0.2, 0.25) is 24.9 Å². The minimum absolute atomic E-state index is 0.0976. The first-order valence-corrected chi connectivity index (χ1v) is 22.6. The van der Waals surface area contributed by atoms with E-state index >= 15 is 0 Å². The smallest absolute Gasteiger partial charge is 0.316 e. The van der Waals surface area contributed by atoms with Crippen LogP contribution in [0, 0.1) is 0 Å². The maximum atomic E-state index is 13.2. The molecule has 2 aliphatic heterocycles. The van der Waals surface area contributed by atoms with Crippen molar-refractivity contribution < 1.29 is 28.8 Å². The number of nitrogens with one attached hydrogen (secondary N) is 3. The zero-order valence-electron chi connectivity index (χ0n) is 41.4. The van der Waals surface area contributed by atoms with Gasteiger partial charge in [-0.2, -0.15) is 0 Å². The maximum absolute atomic E-state index is 13.2. The van der Waals surface area contributed by atoms with Crippen molar-refractivity contribution in [1.82, 2.24) is 49.0 Å². The highest BCUT2D eigenvalue weighted by molar-refractivity contribution is 6.32. The molecule has 4 aromatic heterocycles. The molecule has 0 radical (unpaired) electrons. The fourth-order valence-corrected chi connectivity index (χ4v) is 9.22. The van der Waals surface area contributed by atoms with Crippen LogP contribution >= 0.6 is 0 Å². The fourth-order valence-electron chi connectivity index (χ4n) is 9.22. The average Bonchev–Trinajstić information content (AvgIpc) is 4.13. The van der Waals surface area contributed by atoms with Crippen molar-refractivity contribution in [2.75, 3.05) is 79.2 Å². The molecule has 74 heavy (non-hydrogen) atoms. The van der Waals surface area contributed by atoms with Crippen LogP contribution in [0.1, 0.15) is 6.92 Å². The van der Waals surface area contributed by atoms with E-state index in [1.807, 2.05) is 0 Å². The highest BCUT2D eigenvalue weighted by Gasteiger charge is 2.29. The normalized spacial score (nSPS) is 11.5. The standard InChI is InChI=1S/C50H44N16O8/c1-22(70)62(6)36-16-28-26(14-34(36)61(5)21-69)44-57-45-27-15-35(64(8)40(72)20-68)33(60(3)4)13-25(27)43(55-45)56-48-30-18-38-37(65(9)49(73)50(74)66(38)10)17-29(30)47(59-48)53-41-23-11-31(51-2)32(63(7)39(71)19-67)12-24(23)42(52-41)54-46(28)58-44/h11-21,51H,1-10H3,(H2,52,53,54,55,56,57,58,59). The summed E-state index contributed by atoms with van der Waals surface area (Å²) in [6, 6.07) is 13.6. The summed E-state index contributed by atoms with van der Waals surface area (Å²) < 4.78 is 2.51. The SMILES string of the molecule is CNc1cc2c3nc4nc(nc5[nH]c(nc6nc(nc([nH]3)c2cc1N(C)C(=O)C=O)-c1cc(N(C)C(C)=O)c(N(C)C=O)cc1-6)c1cc(N(C)C(=O)C=O)c(N(C)C)cc51)-c1cc2c(cc1-4)n(C)c(=O)c(=O)n2C. The third kappa shape index (κ3) is 7.28. The van der Waals surface area contributed by atoms with Gasteiger partial charge < -0.3 is 48.9 Å². The van der Waals surface area contributed by atoms with Gasteiger partial charge in [-0.05, 0) is 48.5 Å². The van der Waals surface area contributed by atoms with Crippen LogP contribution in [0.15, 0.2) is 58.1 Å². The number of amides is 4. The lowest BCUT2D eigenvalue weighted by atomic mass is 10.0. The number of aromatic amines is 2. The number of nitrogens with zero attached hydrogens (tertiary/aromatic N) is 13. The van der Waals surface area contributed by atoms with Crippen LogP contribution in [0.3, 0.4) is 0 Å². The minimum Gasteiger partial charge on any atom is -0.386 e. The zero-order chi connectivity index (χ0) is 52.9. The molecule has 0 saturated heterocycles. The van der Waals surface area contributed by atoms with Gasteiger partial charge in [0.05, 0.1) is 45.2 Å². The molecule has 6 heterocycles. The summed E-state index contributed by atoms with van der Waals surface area (Å²) >= 11 is 0. The summed E-state index contributed by atoms with van der Waals surface area (Å²) in [4.78, 5) is 146. The van der Waals surface area contributed by atoms with Gasteiger partial charge >= 0.3 is 11.1 Å². The Kier molecular flexibility index (Phi) is 11.2. The van der Waals surface area contributed by atoms with Gasteiger partial charge in [-0.25, -0.2) is 29.9 Å². The molecule has 24 heteroatoms. The number of aldehydes is 2. The summed E-state index contributed by atoms with van der Waals surface area (Å²) in [5, 5.41) is 4.93. The van der Waals surface area contributed by atoms with Crippen LogP contribution < -0.4 is 40.9 Å². The maximum Gasteiger partial charge on any atom is 0.316 e. The van der Waals surface area contributed by atoms with E-state index in [0.717, 1.165) is 0 Å². The summed E-state index contributed by atoms with van der Waals surface area (Å²) in [6.45, 7) is 1.38. The molecule has 0 fully saturated rings. The van der Waals surface area contributed by atoms with E-state index < -0.39 is 22.9 Å². The third-order valence-corrected chi connectivity index (χ3v) is 13.5. The topological polar surface area (TPSA) is 284 Å². The Morgan fingerprint density at radius 2 is 0.892 bits per heavy atom. The number of rotatable bonds is 9. The number of hydrogen-bond donors (Lipinski definition) is 3. The molecule has 4 amide bonds. The Hall–Kier alpha value is -10.0. The van der Waals surface area contributed by atoms with Crippen LogP contribution in [0.4, 0.5) is 34.1 Å². The summed E-state index contributed by atoms with van der Waals surface area (Å²) in [5.41, 5.74) is 4.12. The first-order chi connectivity index (χ1) is 35.3. The molecule has 0 spiro atoms. The van der Waals surface area contributed by atoms with Gasteiger partial charge in [-0.1, -0.05) is 0 Å². The van der Waals surface area contributed by atoms with Crippen molar-refractivity contribution in [2.24, 2.45) is 14.1 Å². The molecule has 3 N–H and O–H groups in total. The van der Waals surface area contributed by atoms with Crippen molar-refractivity contribution >= 4 is 126 Å². The van der Waals surface area contributed by atoms with Crippen molar-refractivity contribution in [3.05, 3.63) is 69.2 Å². The van der Waals surface area contributed by atoms with Gasteiger partial charge in [-0.3, -0.25) is 38.4 Å². The first-order valence-electron chi connectivity index (χ1n) is 22.6. The van der Waals surface area contributed by atoms with Crippen molar-refractivity contribution in [3.8, 4) is 45.6 Å². The second-order valence-corrected chi connectivity index (χ2v) is 17.9. The minimum atomic E-state index is -0.826. The second kappa shape index (κ2) is 17.4. The van der Waals surface area contributed by atoms with E-state index in [1.54, 1.807) is 81.6 Å². The molecule has 372 valence electrons. The molecule has 2 aliphatic rings. The zero-order valence-corrected chi connectivity index (χ0v) is 41.4. The van der Waals surface area contributed by atoms with E-state index in [0.29, 0.717) is 95.4 Å². The molecule has 24 nitrogen and oxygen atoms in total. The predicted molar refractivity (Wildman–Crippen MR) is 280 cm³/mol. The summed E-state index contributed by atoms with van der Waals surface area (Å²) in [7, 11) is 14.2. The molecule has 0 unspecified atom stereocenters. The quantitative estimate of drug-likeness (QED) is 0.138. The second-order valence-electron chi connectivity index (χ2n) is 17.9. The Labute approximate surface area is 417 Å². The van der Waals surface area contributed by atoms with Gasteiger partial charge in [0.15, 0.2) is 23.3 Å². The average molecular weight is 997 g/mol. The Balaban J connectivity index is 1.44. The summed E-state index contributed by atoms with van der Waals surface area (Å²) in [5.74, 6) is -1.50. The highest BCUT2D eigenvalue weighted by Crippen LogP contribution is 2.44. The highest BCUT2D eigenvalue weighted by atomic mass is 16.2. The van der Waals surface area contributed by atoms with Crippen LogP contribution in [-0.2, 0) is 42.9 Å². The van der Waals surface area contributed by atoms with Crippen LogP contribution in [-0.4, -0.2) is 135 Å². The van der Waals surface area contributed by atoms with Crippen LogP contribution in [0.5, 0.6) is 0 Å². The number of aromatic nitrogens is 10. The van der Waals surface area contributed by atoms with Crippen LogP contribution in [0.25, 0.3) is 101 Å². The largest absolute Gasteiger partial charge is 0.386 e. The van der Waals surface area contributed by atoms with E-state index in [2.05, 4.69) is 15.3 Å². The first kappa shape index (κ1) is 47.7. The number of aryl methyl sites for hydroxylation is 2. The number of hydrogen-bond acceptors (Lipinski definition) is 16. The summed E-state index contributed by atoms with van der Waals surface area (Å²) in [6.07, 6.45) is 1.01. The molecule has 8 bridgehead atoms. The van der Waals surface area contributed by atoms with Gasteiger partial charge in [-0.15, -0.1) is 0 Å². The molecule has 10 rings (SSSR count). The number of benzene rings is 4. The molecule has 0 atom stereocenters. The number of fused-ring (bicyclic) bond motifs is 21. The van der Waals surface area contributed by atoms with Gasteiger partial charge in [0.1, 0.15) is 22.6 Å². The Bertz CT molecular complexity index is 4190. The molecule has 0 aliphatic carbocycles. The molecule has 8 aromatic rings. The molecule has 4 aromatic carbocycles. The Morgan fingerprint density at radius 3 is 1.30 bits per heavy atom. The lowest BCUT2D eigenvalue weighted by Gasteiger charge is -2.23. The molecular weight excluding hydrogens is 953 g/mol. The van der Waals surface area contributed by atoms with Crippen molar-refractivity contribution in [2.45, 2.75) is 6.92 Å². The van der Waals surface area contributed by atoms with Crippen molar-refractivity contribution in [1.29, 1.82) is 0 Å². The van der Waals surface area contributed by atoms with E-state index in [-0.39, 0.29) is 64.4 Å². The lowest BCUT2D eigenvalue weighted by molar-refractivity contribution is -0.129. The van der Waals surface area contributed by atoms with Gasteiger partial charge in [0.25, 0.3) is 11.8 Å². The van der Waals surface area contributed by atoms with E-state index in [9.17, 15) is 38.4 Å². The number of anilines is 6. The number of carbonyl (C=O) groups is 6. The van der Waals surface area contributed by atoms with Gasteiger partial charge in [0, 0.05) is 114 Å². The molecule has 0 saturated carbocycles. The fraction of sp³-hybridized carbons (Fsp3) is 0.200. The lowest BCUT2D eigenvalue weighted by Crippen LogP contribution is -2.39. The van der Waals surface area contributed by atoms with E-state index in [4.69, 9.17) is 29.9 Å². The van der Waals surface area contributed by atoms with Crippen molar-refractivity contribution in [3.63, 3.8) is 0 Å². The predicted octanol–water partition coefficient (Wildman–Crippen LogP) is 3.43. The Morgan fingerprint density at radius 1 is 0.514 bits per heavy atom.